The fourth-order valence-electron chi connectivity index (χ4n) is 3.48. The highest BCUT2D eigenvalue weighted by molar-refractivity contribution is 5.39. The van der Waals surface area contributed by atoms with Crippen LogP contribution in [0.5, 0.6) is 5.75 Å². The molecule has 1 saturated carbocycles. The van der Waals surface area contributed by atoms with Crippen LogP contribution in [0.4, 0.5) is 4.39 Å². The highest BCUT2D eigenvalue weighted by atomic mass is 19.1. The van der Waals surface area contributed by atoms with Crippen LogP contribution in [0.3, 0.4) is 0 Å². The second-order valence-electron chi connectivity index (χ2n) is 5.81. The van der Waals surface area contributed by atoms with E-state index in [2.05, 4.69) is 6.92 Å². The molecule has 2 nitrogen and oxygen atoms in total. The summed E-state index contributed by atoms with van der Waals surface area (Å²) >= 11 is 0. The summed E-state index contributed by atoms with van der Waals surface area (Å²) in [6.07, 6.45) is 5.52. The Morgan fingerprint density at radius 2 is 2.22 bits per heavy atom. The largest absolute Gasteiger partial charge is 0.486 e. The number of fused-ring (bicyclic) bond motifs is 1. The first kappa shape index (κ1) is 12.0. The molecule has 1 aromatic carbocycles. The molecule has 18 heavy (non-hydrogen) atoms. The number of rotatable bonds is 0. The number of hydrogen-bond acceptors (Lipinski definition) is 2. The van der Waals surface area contributed by atoms with Crippen molar-refractivity contribution in [3.63, 3.8) is 0 Å². The van der Waals surface area contributed by atoms with E-state index in [0.717, 1.165) is 18.4 Å². The summed E-state index contributed by atoms with van der Waals surface area (Å²) in [5.41, 5.74) is 7.04. The Morgan fingerprint density at radius 1 is 1.39 bits per heavy atom. The van der Waals surface area contributed by atoms with Crippen molar-refractivity contribution in [3.05, 3.63) is 29.6 Å². The molecule has 1 heterocycles. The molecule has 1 spiro atoms. The van der Waals surface area contributed by atoms with Gasteiger partial charge in [0.25, 0.3) is 0 Å². The Balaban J connectivity index is 1.99. The van der Waals surface area contributed by atoms with Crippen molar-refractivity contribution in [2.24, 2.45) is 11.7 Å². The average molecular weight is 249 g/mol. The molecular formula is C15H20FNO. The van der Waals surface area contributed by atoms with E-state index in [0.29, 0.717) is 11.7 Å². The fraction of sp³-hybridized carbons (Fsp3) is 0.600. The minimum Gasteiger partial charge on any atom is -0.486 e. The van der Waals surface area contributed by atoms with Crippen LogP contribution in [-0.2, 0) is 0 Å². The second kappa shape index (κ2) is 4.23. The van der Waals surface area contributed by atoms with Gasteiger partial charge in [-0.15, -0.1) is 0 Å². The van der Waals surface area contributed by atoms with Gasteiger partial charge in [0.05, 0.1) is 0 Å². The molecule has 3 atom stereocenters. The zero-order chi connectivity index (χ0) is 12.8. The van der Waals surface area contributed by atoms with Gasteiger partial charge in [-0.25, -0.2) is 4.39 Å². The van der Waals surface area contributed by atoms with Gasteiger partial charge >= 0.3 is 0 Å². The van der Waals surface area contributed by atoms with E-state index in [1.807, 2.05) is 0 Å². The molecule has 1 fully saturated rings. The Morgan fingerprint density at radius 3 is 3.00 bits per heavy atom. The first-order valence-corrected chi connectivity index (χ1v) is 6.85. The monoisotopic (exact) mass is 249 g/mol. The topological polar surface area (TPSA) is 35.2 Å². The Kier molecular flexibility index (Phi) is 2.81. The van der Waals surface area contributed by atoms with Gasteiger partial charge in [-0.3, -0.25) is 0 Å². The van der Waals surface area contributed by atoms with Crippen LogP contribution >= 0.6 is 0 Å². The van der Waals surface area contributed by atoms with Gasteiger partial charge in [-0.05, 0) is 31.2 Å². The Bertz CT molecular complexity index is 462. The third-order valence-corrected chi connectivity index (χ3v) is 4.64. The molecule has 0 radical (unpaired) electrons. The molecule has 2 unspecified atom stereocenters. The molecule has 98 valence electrons. The predicted molar refractivity (Wildman–Crippen MR) is 68.9 cm³/mol. The van der Waals surface area contributed by atoms with Crippen molar-refractivity contribution >= 4 is 0 Å². The third-order valence-electron chi connectivity index (χ3n) is 4.64. The van der Waals surface area contributed by atoms with E-state index in [-0.39, 0.29) is 17.5 Å². The van der Waals surface area contributed by atoms with E-state index >= 15 is 0 Å². The van der Waals surface area contributed by atoms with Gasteiger partial charge in [-0.1, -0.05) is 19.4 Å². The van der Waals surface area contributed by atoms with Gasteiger partial charge in [0.15, 0.2) is 0 Å². The molecule has 2 N–H and O–H groups in total. The van der Waals surface area contributed by atoms with E-state index < -0.39 is 0 Å². The lowest BCUT2D eigenvalue weighted by Gasteiger charge is -2.47. The maximum absolute atomic E-state index is 13.4. The molecule has 2 aliphatic rings. The van der Waals surface area contributed by atoms with E-state index in [4.69, 9.17) is 10.5 Å². The zero-order valence-electron chi connectivity index (χ0n) is 10.8. The molecule has 3 rings (SSSR count). The lowest BCUT2D eigenvalue weighted by atomic mass is 9.71. The van der Waals surface area contributed by atoms with Crippen LogP contribution in [-0.4, -0.2) is 5.60 Å². The number of halogens is 1. The summed E-state index contributed by atoms with van der Waals surface area (Å²) in [6, 6.07) is 4.67. The molecular weight excluding hydrogens is 229 g/mol. The summed E-state index contributed by atoms with van der Waals surface area (Å²) in [4.78, 5) is 0. The van der Waals surface area contributed by atoms with Crippen molar-refractivity contribution in [3.8, 4) is 5.75 Å². The van der Waals surface area contributed by atoms with E-state index in [1.54, 1.807) is 6.07 Å². The lowest BCUT2D eigenvalue weighted by Crippen LogP contribution is -2.49. The van der Waals surface area contributed by atoms with Crippen molar-refractivity contribution in [1.29, 1.82) is 0 Å². The van der Waals surface area contributed by atoms with Crippen LogP contribution < -0.4 is 10.5 Å². The first-order valence-electron chi connectivity index (χ1n) is 6.85. The molecule has 0 aromatic heterocycles. The van der Waals surface area contributed by atoms with Crippen molar-refractivity contribution in [2.75, 3.05) is 0 Å². The molecule has 1 aliphatic heterocycles. The van der Waals surface area contributed by atoms with Crippen molar-refractivity contribution in [2.45, 2.75) is 50.7 Å². The maximum atomic E-state index is 13.4. The lowest BCUT2D eigenvalue weighted by molar-refractivity contribution is -0.0409. The zero-order valence-corrected chi connectivity index (χ0v) is 10.8. The number of ether oxygens (including phenoxy) is 1. The smallest absolute Gasteiger partial charge is 0.127 e. The molecule has 0 bridgehead atoms. The Hall–Kier alpha value is -1.09. The summed E-state index contributed by atoms with van der Waals surface area (Å²) in [5, 5.41) is 0. The van der Waals surface area contributed by atoms with Gasteiger partial charge in [0.2, 0.25) is 0 Å². The van der Waals surface area contributed by atoms with Crippen LogP contribution in [0.1, 0.15) is 50.6 Å². The summed E-state index contributed by atoms with van der Waals surface area (Å²) in [6.45, 7) is 2.23. The molecule has 3 heteroatoms. The standard InChI is InChI=1S/C15H20FNO/c1-10-4-2-3-7-15(10)9-13(17)12-6-5-11(16)8-14(12)18-15/h5-6,8,10,13H,2-4,7,9,17H2,1H3/t10?,13-,15?/m0/s1. The summed E-state index contributed by atoms with van der Waals surface area (Å²) in [5.74, 6) is 0.901. The average Bonchev–Trinajstić information content (AvgIpc) is 2.32. The Labute approximate surface area is 107 Å². The minimum absolute atomic E-state index is 0.0325. The van der Waals surface area contributed by atoms with Crippen LogP contribution in [0.2, 0.25) is 0 Å². The molecule has 1 aromatic rings. The van der Waals surface area contributed by atoms with Crippen molar-refractivity contribution in [1.82, 2.24) is 0 Å². The SMILES string of the molecule is CC1CCCCC12C[C@H](N)c1ccc(F)cc1O2. The summed E-state index contributed by atoms with van der Waals surface area (Å²) < 4.78 is 19.6. The minimum atomic E-state index is -0.249. The normalized spacial score (nSPS) is 35.1. The van der Waals surface area contributed by atoms with Gasteiger partial charge in [-0.2, -0.15) is 0 Å². The highest BCUT2D eigenvalue weighted by Gasteiger charge is 2.45. The summed E-state index contributed by atoms with van der Waals surface area (Å²) in [7, 11) is 0. The number of hydrogen-bond donors (Lipinski definition) is 1. The quantitative estimate of drug-likeness (QED) is 0.763. The maximum Gasteiger partial charge on any atom is 0.127 e. The highest BCUT2D eigenvalue weighted by Crippen LogP contribution is 2.47. The number of benzene rings is 1. The van der Waals surface area contributed by atoms with E-state index in [9.17, 15) is 4.39 Å². The predicted octanol–water partition coefficient (Wildman–Crippen LogP) is 3.56. The molecule has 0 saturated heterocycles. The van der Waals surface area contributed by atoms with Crippen molar-refractivity contribution < 1.29 is 9.13 Å². The fourth-order valence-corrected chi connectivity index (χ4v) is 3.48. The third kappa shape index (κ3) is 1.81. The van der Waals surface area contributed by atoms with Crippen LogP contribution in [0.15, 0.2) is 18.2 Å². The van der Waals surface area contributed by atoms with Gasteiger partial charge in [0.1, 0.15) is 17.2 Å². The molecule has 1 aliphatic carbocycles. The molecule has 0 amide bonds. The first-order chi connectivity index (χ1) is 8.61. The van der Waals surface area contributed by atoms with Crippen LogP contribution in [0.25, 0.3) is 0 Å². The van der Waals surface area contributed by atoms with Gasteiger partial charge < -0.3 is 10.5 Å². The van der Waals surface area contributed by atoms with E-state index in [1.165, 1.54) is 31.4 Å². The number of nitrogens with two attached hydrogens (primary N) is 1. The van der Waals surface area contributed by atoms with Crippen LogP contribution in [0, 0.1) is 11.7 Å². The van der Waals surface area contributed by atoms with Gasteiger partial charge in [0, 0.05) is 24.1 Å². The second-order valence-corrected chi connectivity index (χ2v) is 5.81.